The number of amides is 1. The first-order valence-corrected chi connectivity index (χ1v) is 8.65. The number of hydrogen-bond donors (Lipinski definition) is 0. The van der Waals surface area contributed by atoms with Crippen molar-refractivity contribution in [2.45, 2.75) is 19.5 Å². The second kappa shape index (κ2) is 7.95. The Labute approximate surface area is 157 Å². The molecule has 3 aromatic rings. The first kappa shape index (κ1) is 18.5. The average molecular weight is 366 g/mol. The largest absolute Gasteiger partial charge is 0.497 e. The van der Waals surface area contributed by atoms with Crippen molar-refractivity contribution < 1.29 is 13.9 Å². The highest BCUT2D eigenvalue weighted by molar-refractivity contribution is 5.91. The minimum absolute atomic E-state index is 0.118. The summed E-state index contributed by atoms with van der Waals surface area (Å²) in [4.78, 5) is 26.2. The number of benzene rings is 1. The van der Waals surface area contributed by atoms with Crippen molar-refractivity contribution in [3.8, 4) is 5.75 Å². The Kier molecular flexibility index (Phi) is 5.45. The van der Waals surface area contributed by atoms with Gasteiger partial charge >= 0.3 is 0 Å². The van der Waals surface area contributed by atoms with Crippen LogP contribution in [-0.2, 0) is 6.54 Å². The van der Waals surface area contributed by atoms with Crippen LogP contribution in [0.25, 0.3) is 0 Å². The summed E-state index contributed by atoms with van der Waals surface area (Å²) in [5.41, 5.74) is 0.876. The van der Waals surface area contributed by atoms with E-state index in [2.05, 4.69) is 0 Å². The van der Waals surface area contributed by atoms with Gasteiger partial charge in [-0.2, -0.15) is 0 Å². The zero-order valence-electron chi connectivity index (χ0n) is 15.6. The van der Waals surface area contributed by atoms with E-state index >= 15 is 0 Å². The minimum Gasteiger partial charge on any atom is -0.497 e. The van der Waals surface area contributed by atoms with Gasteiger partial charge in [-0.15, -0.1) is 0 Å². The van der Waals surface area contributed by atoms with Crippen LogP contribution in [-0.4, -0.2) is 29.5 Å². The number of carbonyl (C=O) groups excluding carboxylic acids is 1. The Hall–Kier alpha value is -3.28. The monoisotopic (exact) mass is 366 g/mol. The predicted octanol–water partition coefficient (Wildman–Crippen LogP) is 3.33. The summed E-state index contributed by atoms with van der Waals surface area (Å²) < 4.78 is 12.4. The van der Waals surface area contributed by atoms with E-state index in [1.165, 1.54) is 10.6 Å². The third kappa shape index (κ3) is 4.11. The number of aromatic nitrogens is 1. The molecule has 1 unspecified atom stereocenters. The summed E-state index contributed by atoms with van der Waals surface area (Å²) in [5.74, 6) is 1.35. The molecule has 1 atom stereocenters. The molecule has 1 amide bonds. The number of carbonyl (C=O) groups is 1. The minimum atomic E-state index is -0.218. The van der Waals surface area contributed by atoms with Crippen LogP contribution in [0, 0.1) is 0 Å². The van der Waals surface area contributed by atoms with Gasteiger partial charge in [-0.05, 0) is 42.8 Å². The van der Waals surface area contributed by atoms with Crippen LogP contribution in [0.4, 0.5) is 0 Å². The van der Waals surface area contributed by atoms with Crippen molar-refractivity contribution in [3.63, 3.8) is 0 Å². The van der Waals surface area contributed by atoms with Gasteiger partial charge in [-0.3, -0.25) is 9.59 Å². The number of furan rings is 1. The van der Waals surface area contributed by atoms with Crippen LogP contribution >= 0.6 is 0 Å². The number of pyridine rings is 1. The quantitative estimate of drug-likeness (QED) is 0.671. The van der Waals surface area contributed by atoms with Crippen LogP contribution in [0.5, 0.6) is 5.75 Å². The van der Waals surface area contributed by atoms with Crippen LogP contribution in [0.1, 0.15) is 34.8 Å². The molecule has 0 radical (unpaired) electrons. The van der Waals surface area contributed by atoms with E-state index < -0.39 is 0 Å². The van der Waals surface area contributed by atoms with Gasteiger partial charge in [0.25, 0.3) is 11.5 Å². The standard InChI is InChI=1S/C21H22N2O4/c1-15(16-7-9-17(26-3)10-8-16)22(2)21(25)19-12-11-18(27-19)14-23-13-5-4-6-20(23)24/h4-13,15H,14H2,1-3H3. The topological polar surface area (TPSA) is 64.7 Å². The lowest BCUT2D eigenvalue weighted by molar-refractivity contribution is 0.0708. The van der Waals surface area contributed by atoms with E-state index in [0.29, 0.717) is 5.76 Å². The lowest BCUT2D eigenvalue weighted by atomic mass is 10.1. The predicted molar refractivity (Wildman–Crippen MR) is 102 cm³/mol. The average Bonchev–Trinajstić information content (AvgIpc) is 3.16. The smallest absolute Gasteiger partial charge is 0.289 e. The number of methoxy groups -OCH3 is 1. The maximum atomic E-state index is 12.8. The third-order valence-corrected chi connectivity index (χ3v) is 4.60. The van der Waals surface area contributed by atoms with Gasteiger partial charge in [0.1, 0.15) is 11.5 Å². The summed E-state index contributed by atoms with van der Waals surface area (Å²) in [6.45, 7) is 2.23. The SMILES string of the molecule is COc1ccc(C(C)N(C)C(=O)c2ccc(Cn3ccccc3=O)o2)cc1. The summed E-state index contributed by atoms with van der Waals surface area (Å²) >= 11 is 0. The fraction of sp³-hybridized carbons (Fsp3) is 0.238. The van der Waals surface area contributed by atoms with Crippen molar-refractivity contribution in [1.82, 2.24) is 9.47 Å². The molecule has 0 bridgehead atoms. The first-order chi connectivity index (χ1) is 13.0. The molecule has 0 saturated heterocycles. The molecule has 6 heteroatoms. The molecular weight excluding hydrogens is 344 g/mol. The molecule has 6 nitrogen and oxygen atoms in total. The Morgan fingerprint density at radius 2 is 1.89 bits per heavy atom. The molecular formula is C21H22N2O4. The Balaban J connectivity index is 1.72. The fourth-order valence-electron chi connectivity index (χ4n) is 2.79. The summed E-state index contributed by atoms with van der Waals surface area (Å²) in [5, 5.41) is 0. The van der Waals surface area contributed by atoms with Crippen molar-refractivity contribution in [3.05, 3.63) is 88.2 Å². The molecule has 27 heavy (non-hydrogen) atoms. The molecule has 0 fully saturated rings. The molecule has 0 aliphatic rings. The number of nitrogens with zero attached hydrogens (tertiary/aromatic N) is 2. The van der Waals surface area contributed by atoms with Gasteiger partial charge in [-0.1, -0.05) is 18.2 Å². The first-order valence-electron chi connectivity index (χ1n) is 8.65. The van der Waals surface area contributed by atoms with Gasteiger partial charge in [0.05, 0.1) is 19.7 Å². The fourth-order valence-corrected chi connectivity index (χ4v) is 2.79. The highest BCUT2D eigenvalue weighted by atomic mass is 16.5. The van der Waals surface area contributed by atoms with Crippen LogP contribution in [0.15, 0.2) is 70.0 Å². The molecule has 140 valence electrons. The Morgan fingerprint density at radius 1 is 1.15 bits per heavy atom. The molecule has 3 rings (SSSR count). The second-order valence-electron chi connectivity index (χ2n) is 6.30. The van der Waals surface area contributed by atoms with Crippen molar-refractivity contribution >= 4 is 5.91 Å². The normalized spacial score (nSPS) is 11.8. The Bertz CT molecular complexity index is 972. The molecule has 2 heterocycles. The van der Waals surface area contributed by atoms with Gasteiger partial charge in [0.15, 0.2) is 5.76 Å². The molecule has 1 aromatic carbocycles. The number of rotatable bonds is 6. The summed E-state index contributed by atoms with van der Waals surface area (Å²) in [6, 6.07) is 15.8. The van der Waals surface area contributed by atoms with E-state index in [4.69, 9.17) is 9.15 Å². The van der Waals surface area contributed by atoms with Crippen molar-refractivity contribution in [2.24, 2.45) is 0 Å². The van der Waals surface area contributed by atoms with Gasteiger partial charge in [-0.25, -0.2) is 0 Å². The van der Waals surface area contributed by atoms with E-state index in [-0.39, 0.29) is 29.8 Å². The van der Waals surface area contributed by atoms with E-state index in [0.717, 1.165) is 11.3 Å². The summed E-state index contributed by atoms with van der Waals surface area (Å²) in [7, 11) is 3.35. The highest BCUT2D eigenvalue weighted by Gasteiger charge is 2.22. The lowest BCUT2D eigenvalue weighted by Crippen LogP contribution is -2.29. The lowest BCUT2D eigenvalue weighted by Gasteiger charge is -2.24. The van der Waals surface area contributed by atoms with Gasteiger partial charge in [0.2, 0.25) is 0 Å². The number of ether oxygens (including phenoxy) is 1. The Morgan fingerprint density at radius 3 is 2.56 bits per heavy atom. The summed E-state index contributed by atoms with van der Waals surface area (Å²) in [6.07, 6.45) is 1.68. The van der Waals surface area contributed by atoms with Gasteiger partial charge in [0, 0.05) is 19.3 Å². The molecule has 0 spiro atoms. The van der Waals surface area contributed by atoms with E-state index in [9.17, 15) is 9.59 Å². The zero-order valence-corrected chi connectivity index (χ0v) is 15.6. The zero-order chi connectivity index (χ0) is 19.4. The van der Waals surface area contributed by atoms with Gasteiger partial charge < -0.3 is 18.6 Å². The van der Waals surface area contributed by atoms with E-state index in [1.54, 1.807) is 49.5 Å². The molecule has 0 aliphatic heterocycles. The molecule has 2 aromatic heterocycles. The second-order valence-corrected chi connectivity index (χ2v) is 6.30. The molecule has 0 aliphatic carbocycles. The highest BCUT2D eigenvalue weighted by Crippen LogP contribution is 2.23. The van der Waals surface area contributed by atoms with E-state index in [1.807, 2.05) is 31.2 Å². The third-order valence-electron chi connectivity index (χ3n) is 4.60. The van der Waals surface area contributed by atoms with Crippen LogP contribution in [0.2, 0.25) is 0 Å². The number of hydrogen-bond acceptors (Lipinski definition) is 4. The van der Waals surface area contributed by atoms with Crippen molar-refractivity contribution in [1.29, 1.82) is 0 Å². The van der Waals surface area contributed by atoms with Crippen LogP contribution in [0.3, 0.4) is 0 Å². The van der Waals surface area contributed by atoms with Crippen LogP contribution < -0.4 is 10.3 Å². The molecule has 0 saturated carbocycles. The van der Waals surface area contributed by atoms with Crippen molar-refractivity contribution in [2.75, 3.05) is 14.2 Å². The maximum absolute atomic E-state index is 12.8. The molecule has 0 N–H and O–H groups in total. The maximum Gasteiger partial charge on any atom is 0.289 e.